The Bertz CT molecular complexity index is 1150. The van der Waals surface area contributed by atoms with Crippen LogP contribution in [-0.4, -0.2) is 12.8 Å². The summed E-state index contributed by atoms with van der Waals surface area (Å²) >= 11 is 0. The van der Waals surface area contributed by atoms with Crippen molar-refractivity contribution in [2.45, 2.75) is 19.2 Å². The summed E-state index contributed by atoms with van der Waals surface area (Å²) in [5, 5.41) is 4.66. The largest absolute Gasteiger partial charge is 0.462 e. The number of ketones is 1. The van der Waals surface area contributed by atoms with E-state index in [1.165, 1.54) is 12.1 Å². The van der Waals surface area contributed by atoms with Gasteiger partial charge in [-0.05, 0) is 35.4 Å². The monoisotopic (exact) mass is 397 g/mol. The number of rotatable bonds is 3. The van der Waals surface area contributed by atoms with Crippen LogP contribution in [0.25, 0.3) is 16.3 Å². The molecule has 3 nitrogen and oxygen atoms in total. The van der Waals surface area contributed by atoms with Gasteiger partial charge >= 0.3 is 6.18 Å². The first-order valence-electron chi connectivity index (χ1n) is 9.09. The Morgan fingerprint density at radius 2 is 1.76 bits per heavy atom. The number of halogens is 3. The Morgan fingerprint density at radius 3 is 2.48 bits per heavy atom. The Labute approximate surface area is 165 Å². The van der Waals surface area contributed by atoms with Crippen LogP contribution in [-0.2, 0) is 15.7 Å². The van der Waals surface area contributed by atoms with Crippen LogP contribution in [0.3, 0.4) is 0 Å². The molecule has 0 radical (unpaired) electrons. The fourth-order valence-electron chi connectivity index (χ4n) is 3.70. The Morgan fingerprint density at radius 1 is 1.00 bits per heavy atom. The lowest BCUT2D eigenvalue weighted by atomic mass is 9.92. The average molecular weight is 397 g/mol. The highest BCUT2D eigenvalue weighted by molar-refractivity contribution is 6.25. The molecule has 6 heteroatoms. The molecule has 0 bridgehead atoms. The van der Waals surface area contributed by atoms with Crippen molar-refractivity contribution in [3.8, 4) is 0 Å². The van der Waals surface area contributed by atoms with Gasteiger partial charge in [0.1, 0.15) is 0 Å². The van der Waals surface area contributed by atoms with E-state index in [0.717, 1.165) is 28.5 Å². The van der Waals surface area contributed by atoms with Gasteiger partial charge in [0.05, 0.1) is 11.1 Å². The van der Waals surface area contributed by atoms with Crippen molar-refractivity contribution in [1.82, 2.24) is 5.32 Å². The molecule has 4 rings (SSSR count). The number of aryl methyl sites for hydroxylation is 1. The zero-order valence-electron chi connectivity index (χ0n) is 15.8. The summed E-state index contributed by atoms with van der Waals surface area (Å²) in [5.41, 5.74) is 1.15. The lowest BCUT2D eigenvalue weighted by molar-refractivity contribution is -0.137. The van der Waals surface area contributed by atoms with Gasteiger partial charge in [0, 0.05) is 12.6 Å². The van der Waals surface area contributed by atoms with E-state index in [1.54, 1.807) is 7.05 Å². The van der Waals surface area contributed by atoms with E-state index in [2.05, 4.69) is 5.32 Å². The van der Waals surface area contributed by atoms with Crippen LogP contribution in [0.15, 0.2) is 66.5 Å². The summed E-state index contributed by atoms with van der Waals surface area (Å²) in [6.45, 7) is 1.93. The molecule has 1 unspecified atom stereocenters. The van der Waals surface area contributed by atoms with Crippen molar-refractivity contribution in [1.29, 1.82) is 0 Å². The van der Waals surface area contributed by atoms with Gasteiger partial charge in [-0.3, -0.25) is 4.79 Å². The van der Waals surface area contributed by atoms with Gasteiger partial charge in [0.2, 0.25) is 5.78 Å². The number of ether oxygens (including phenoxy) is 1. The van der Waals surface area contributed by atoms with Crippen LogP contribution in [0, 0.1) is 6.92 Å². The number of nitrogens with one attached hydrogen (secondary N) is 1. The molecule has 0 aliphatic carbocycles. The fourth-order valence-corrected chi connectivity index (χ4v) is 3.70. The van der Waals surface area contributed by atoms with Crippen molar-refractivity contribution in [2.24, 2.45) is 0 Å². The zero-order valence-corrected chi connectivity index (χ0v) is 15.8. The molecule has 1 aliphatic rings. The summed E-state index contributed by atoms with van der Waals surface area (Å²) < 4.78 is 45.3. The molecule has 1 N–H and O–H groups in total. The second-order valence-electron chi connectivity index (χ2n) is 6.97. The number of benzene rings is 3. The number of carbonyl (C=O) groups is 1. The third-order valence-corrected chi connectivity index (χ3v) is 4.97. The molecule has 29 heavy (non-hydrogen) atoms. The minimum atomic E-state index is -4.50. The first-order chi connectivity index (χ1) is 13.8. The van der Waals surface area contributed by atoms with Crippen molar-refractivity contribution in [2.75, 3.05) is 7.05 Å². The van der Waals surface area contributed by atoms with Crippen LogP contribution in [0.5, 0.6) is 0 Å². The van der Waals surface area contributed by atoms with Crippen molar-refractivity contribution >= 4 is 22.1 Å². The average Bonchev–Trinajstić information content (AvgIpc) is 3.03. The van der Waals surface area contributed by atoms with Gasteiger partial charge in [-0.1, -0.05) is 54.1 Å². The zero-order chi connectivity index (χ0) is 20.8. The Kier molecular flexibility index (Phi) is 4.57. The maximum absolute atomic E-state index is 13.3. The quantitative estimate of drug-likeness (QED) is 0.644. The summed E-state index contributed by atoms with van der Waals surface area (Å²) in [7, 11) is 1.58. The van der Waals surface area contributed by atoms with Crippen LogP contribution in [0.2, 0.25) is 0 Å². The molecular formula is C23H18F3NO2. The summed E-state index contributed by atoms with van der Waals surface area (Å²) in [4.78, 5) is 13.3. The summed E-state index contributed by atoms with van der Waals surface area (Å²) in [5.74, 6) is -0.200. The van der Waals surface area contributed by atoms with Gasteiger partial charge in [-0.15, -0.1) is 0 Å². The lowest BCUT2D eigenvalue weighted by Crippen LogP contribution is -2.11. The maximum atomic E-state index is 13.3. The molecular weight excluding hydrogens is 379 g/mol. The molecule has 0 aromatic heterocycles. The number of Topliss-reactive ketones (excluding diaryl/α,β-unsaturated/α-hetero) is 1. The van der Waals surface area contributed by atoms with E-state index in [0.29, 0.717) is 5.56 Å². The predicted molar refractivity (Wildman–Crippen MR) is 105 cm³/mol. The summed E-state index contributed by atoms with van der Waals surface area (Å²) in [6.07, 6.45) is -5.42. The number of alkyl halides is 3. The second-order valence-corrected chi connectivity index (χ2v) is 6.97. The molecule has 1 heterocycles. The molecule has 3 aromatic rings. The van der Waals surface area contributed by atoms with E-state index in [-0.39, 0.29) is 22.8 Å². The van der Waals surface area contributed by atoms with E-state index in [9.17, 15) is 18.0 Å². The number of fused-ring (bicyclic) bond motifs is 1. The molecule has 0 amide bonds. The number of hydrogen-bond donors (Lipinski definition) is 1. The minimum absolute atomic E-state index is 0.120. The first kappa shape index (κ1) is 19.1. The molecule has 3 aromatic carbocycles. The van der Waals surface area contributed by atoms with Gasteiger partial charge in [0.25, 0.3) is 0 Å². The maximum Gasteiger partial charge on any atom is 0.416 e. The van der Waals surface area contributed by atoms with Crippen LogP contribution in [0.4, 0.5) is 13.2 Å². The highest BCUT2D eigenvalue weighted by Crippen LogP contribution is 2.41. The van der Waals surface area contributed by atoms with Crippen molar-refractivity contribution < 1.29 is 22.7 Å². The summed E-state index contributed by atoms with van der Waals surface area (Å²) in [6, 6.07) is 16.3. The molecule has 148 valence electrons. The number of carbonyl (C=O) groups excluding carboxylic acids is 1. The molecule has 1 aliphatic heterocycles. The standard InChI is InChI=1S/C23H18F3NO2/c1-13-10-14-6-3-4-9-17(14)18(11-13)21-20(28)19(22(27-2)29-21)15-7-5-8-16(12-15)23(24,25)26/h3-12,21,27H,1-2H3. The number of hydrogen-bond acceptors (Lipinski definition) is 3. The predicted octanol–water partition coefficient (Wildman–Crippen LogP) is 5.40. The third-order valence-electron chi connectivity index (χ3n) is 4.97. The van der Waals surface area contributed by atoms with Crippen LogP contribution in [0.1, 0.15) is 28.4 Å². The van der Waals surface area contributed by atoms with Gasteiger partial charge in [-0.2, -0.15) is 13.2 Å². The highest BCUT2D eigenvalue weighted by atomic mass is 19.4. The van der Waals surface area contributed by atoms with Gasteiger partial charge in [0.15, 0.2) is 12.0 Å². The molecule has 0 spiro atoms. The van der Waals surface area contributed by atoms with Crippen LogP contribution < -0.4 is 5.32 Å². The van der Waals surface area contributed by atoms with Crippen LogP contribution >= 0.6 is 0 Å². The molecule has 0 saturated carbocycles. The Balaban J connectivity index is 1.81. The molecule has 0 saturated heterocycles. The molecule has 0 fully saturated rings. The first-order valence-corrected chi connectivity index (χ1v) is 9.09. The Hall–Kier alpha value is -3.28. The SMILES string of the molecule is CNC1=C(c2cccc(C(F)(F)F)c2)C(=O)C(c2cc(C)cc3ccccc23)O1. The van der Waals surface area contributed by atoms with Crippen molar-refractivity contribution in [3.63, 3.8) is 0 Å². The second kappa shape index (κ2) is 6.95. The smallest absolute Gasteiger partial charge is 0.416 e. The molecule has 1 atom stereocenters. The minimum Gasteiger partial charge on any atom is -0.462 e. The fraction of sp³-hybridized carbons (Fsp3) is 0.174. The van der Waals surface area contributed by atoms with E-state index >= 15 is 0 Å². The topological polar surface area (TPSA) is 38.3 Å². The van der Waals surface area contributed by atoms with E-state index in [4.69, 9.17) is 4.74 Å². The van der Waals surface area contributed by atoms with Gasteiger partial charge in [-0.25, -0.2) is 0 Å². The highest BCUT2D eigenvalue weighted by Gasteiger charge is 2.39. The lowest BCUT2D eigenvalue weighted by Gasteiger charge is -2.15. The van der Waals surface area contributed by atoms with E-state index in [1.807, 2.05) is 43.3 Å². The normalized spacial score (nSPS) is 17.0. The third kappa shape index (κ3) is 3.35. The van der Waals surface area contributed by atoms with E-state index < -0.39 is 17.8 Å². The van der Waals surface area contributed by atoms with Crippen molar-refractivity contribution in [3.05, 3.63) is 88.8 Å². The van der Waals surface area contributed by atoms with Gasteiger partial charge < -0.3 is 10.1 Å².